The van der Waals surface area contributed by atoms with Crippen molar-refractivity contribution < 1.29 is 9.90 Å². The summed E-state index contributed by atoms with van der Waals surface area (Å²) < 4.78 is 0. The van der Waals surface area contributed by atoms with Crippen molar-refractivity contribution in [2.24, 2.45) is 0 Å². The van der Waals surface area contributed by atoms with Crippen LogP contribution in [-0.2, 0) is 13.0 Å². The van der Waals surface area contributed by atoms with E-state index in [1.54, 1.807) is 0 Å². The number of rotatable bonds is 8. The van der Waals surface area contributed by atoms with Crippen molar-refractivity contribution in [1.82, 2.24) is 30.8 Å². The van der Waals surface area contributed by atoms with Crippen LogP contribution in [0.1, 0.15) is 60.8 Å². The number of amides is 2. The average Bonchev–Trinajstić information content (AvgIpc) is 3.36. The molecule has 0 radical (unpaired) electrons. The van der Waals surface area contributed by atoms with E-state index in [2.05, 4.69) is 38.1 Å². The predicted molar refractivity (Wildman–Crippen MR) is 130 cm³/mol. The van der Waals surface area contributed by atoms with E-state index in [1.165, 1.54) is 0 Å². The van der Waals surface area contributed by atoms with E-state index in [9.17, 15) is 9.90 Å². The van der Waals surface area contributed by atoms with Gasteiger partial charge in [0.05, 0.1) is 12.1 Å². The van der Waals surface area contributed by atoms with Crippen molar-refractivity contribution in [3.05, 3.63) is 88.2 Å². The van der Waals surface area contributed by atoms with Gasteiger partial charge in [-0.3, -0.25) is 0 Å². The number of nitrogens with zero attached hydrogens (tertiary/aromatic N) is 4. The number of urea groups is 1. The van der Waals surface area contributed by atoms with E-state index < -0.39 is 6.10 Å². The number of aromatic amines is 1. The summed E-state index contributed by atoms with van der Waals surface area (Å²) in [5, 5.41) is 28.0. The van der Waals surface area contributed by atoms with Gasteiger partial charge in [0.15, 0.2) is 5.82 Å². The molecular weight excluding hydrogens is 452 g/mol. The second-order valence-electron chi connectivity index (χ2n) is 8.58. The number of carbonyl (C=O) groups is 1. The zero-order chi connectivity index (χ0) is 23.9. The lowest BCUT2D eigenvalue weighted by molar-refractivity contribution is 0.162. The van der Waals surface area contributed by atoms with Crippen molar-refractivity contribution in [2.45, 2.75) is 57.3 Å². The van der Waals surface area contributed by atoms with Crippen LogP contribution in [-0.4, -0.2) is 42.7 Å². The Bertz CT molecular complexity index is 1090. The molecule has 0 fully saturated rings. The molecule has 1 aliphatic carbocycles. The van der Waals surface area contributed by atoms with Gasteiger partial charge < -0.3 is 15.3 Å². The number of hydrogen-bond acceptors (Lipinski definition) is 5. The summed E-state index contributed by atoms with van der Waals surface area (Å²) in [7, 11) is 0. The first-order chi connectivity index (χ1) is 16.5. The summed E-state index contributed by atoms with van der Waals surface area (Å²) in [6.07, 6.45) is 6.60. The molecule has 3 aromatic rings. The molecule has 8 nitrogen and oxygen atoms in total. The van der Waals surface area contributed by atoms with Gasteiger partial charge in [-0.15, -0.1) is 10.2 Å². The molecule has 34 heavy (non-hydrogen) atoms. The lowest BCUT2D eigenvalue weighted by atomic mass is 9.99. The maximum Gasteiger partial charge on any atom is 0.318 e. The molecule has 3 atom stereocenters. The van der Waals surface area contributed by atoms with E-state index >= 15 is 0 Å². The Morgan fingerprint density at radius 2 is 1.91 bits per heavy atom. The van der Waals surface area contributed by atoms with Gasteiger partial charge in [-0.25, -0.2) is 4.79 Å². The van der Waals surface area contributed by atoms with Gasteiger partial charge in [0.25, 0.3) is 0 Å². The van der Waals surface area contributed by atoms with Crippen LogP contribution in [0.15, 0.2) is 60.7 Å². The monoisotopic (exact) mass is 480 g/mol. The van der Waals surface area contributed by atoms with Crippen LogP contribution in [0.2, 0.25) is 5.02 Å². The highest BCUT2D eigenvalue weighted by Crippen LogP contribution is 2.23. The summed E-state index contributed by atoms with van der Waals surface area (Å²) in [5.74, 6) is 0.458. The van der Waals surface area contributed by atoms with Crippen LogP contribution in [0.3, 0.4) is 0 Å². The highest BCUT2D eigenvalue weighted by atomic mass is 35.5. The van der Waals surface area contributed by atoms with Crippen LogP contribution >= 0.6 is 11.6 Å². The topological polar surface area (TPSA) is 107 Å². The Balaban J connectivity index is 1.44. The standard InChI is InChI=1S/C25H29ClN6O2/c1-17(19-11-13-21(26)14-12-19)27-25(34)32(22-5-3-2-4-6-22)16-18-7-9-20(10-8-18)23(33)15-24-28-30-31-29-24/h2-3,7-14,17,22-23,33H,4-6,15-16H2,1H3,(H,27,34)(H,28,29,30,31)/t17-,22?,23-/m1/s1. The maximum atomic E-state index is 13.4. The fourth-order valence-corrected chi connectivity index (χ4v) is 4.26. The van der Waals surface area contributed by atoms with E-state index in [4.69, 9.17) is 11.6 Å². The predicted octanol–water partition coefficient (Wildman–Crippen LogP) is 4.51. The van der Waals surface area contributed by atoms with Gasteiger partial charge >= 0.3 is 6.03 Å². The number of tetrazole rings is 1. The molecule has 4 rings (SSSR count). The Kier molecular flexibility index (Phi) is 7.92. The van der Waals surface area contributed by atoms with Crippen LogP contribution < -0.4 is 5.32 Å². The molecule has 1 unspecified atom stereocenters. The Morgan fingerprint density at radius 3 is 2.56 bits per heavy atom. The van der Waals surface area contributed by atoms with Crippen LogP contribution in [0.4, 0.5) is 4.79 Å². The number of aliphatic hydroxyl groups is 1. The van der Waals surface area contributed by atoms with Crippen molar-refractivity contribution in [1.29, 1.82) is 0 Å². The van der Waals surface area contributed by atoms with Gasteiger partial charge in [-0.2, -0.15) is 5.21 Å². The third kappa shape index (κ3) is 6.21. The molecule has 178 valence electrons. The quantitative estimate of drug-likeness (QED) is 0.411. The second-order valence-corrected chi connectivity index (χ2v) is 9.01. The van der Waals surface area contributed by atoms with Crippen molar-refractivity contribution in [2.75, 3.05) is 0 Å². The molecule has 9 heteroatoms. The van der Waals surface area contributed by atoms with Crippen molar-refractivity contribution in [3.63, 3.8) is 0 Å². The lowest BCUT2D eigenvalue weighted by Gasteiger charge is -2.34. The van der Waals surface area contributed by atoms with Gasteiger partial charge in [0.1, 0.15) is 0 Å². The number of H-pyrrole nitrogens is 1. The zero-order valence-electron chi connectivity index (χ0n) is 19.1. The number of carbonyl (C=O) groups excluding carboxylic acids is 1. The molecule has 3 N–H and O–H groups in total. The van der Waals surface area contributed by atoms with Gasteiger partial charge in [-0.1, -0.05) is 65.4 Å². The normalized spacial score (nSPS) is 17.2. The average molecular weight is 481 g/mol. The minimum atomic E-state index is -0.727. The fourth-order valence-electron chi connectivity index (χ4n) is 4.13. The van der Waals surface area contributed by atoms with Gasteiger partial charge in [0.2, 0.25) is 0 Å². The molecule has 0 saturated heterocycles. The first-order valence-corrected chi connectivity index (χ1v) is 11.8. The largest absolute Gasteiger partial charge is 0.388 e. The number of hydrogen-bond donors (Lipinski definition) is 3. The smallest absolute Gasteiger partial charge is 0.318 e. The summed E-state index contributed by atoms with van der Waals surface area (Å²) in [6.45, 7) is 2.46. The van der Waals surface area contributed by atoms with Crippen molar-refractivity contribution in [3.8, 4) is 0 Å². The molecular formula is C25H29ClN6O2. The van der Waals surface area contributed by atoms with Crippen LogP contribution in [0, 0.1) is 0 Å². The number of aliphatic hydroxyl groups excluding tert-OH is 1. The fraction of sp³-hybridized carbons (Fsp3) is 0.360. The minimum absolute atomic E-state index is 0.0935. The first kappa shape index (κ1) is 23.9. The third-order valence-electron chi connectivity index (χ3n) is 6.14. The molecule has 0 bridgehead atoms. The molecule has 2 amide bonds. The Labute approximate surface area is 204 Å². The second kappa shape index (κ2) is 11.3. The summed E-state index contributed by atoms with van der Waals surface area (Å²) in [6, 6.07) is 15.1. The molecule has 0 saturated carbocycles. The minimum Gasteiger partial charge on any atom is -0.388 e. The van der Waals surface area contributed by atoms with Crippen LogP contribution in [0.25, 0.3) is 0 Å². The number of halogens is 1. The molecule has 0 spiro atoms. The molecule has 1 aliphatic rings. The van der Waals surface area contributed by atoms with Crippen LogP contribution in [0.5, 0.6) is 0 Å². The molecule has 1 heterocycles. The summed E-state index contributed by atoms with van der Waals surface area (Å²) in [5.41, 5.74) is 2.77. The SMILES string of the molecule is C[C@@H](NC(=O)N(Cc1ccc([C@H](O)Cc2nn[nH]n2)cc1)C1CC=CCC1)c1ccc(Cl)cc1. The van der Waals surface area contributed by atoms with E-state index in [0.29, 0.717) is 17.4 Å². The number of nitrogens with one attached hydrogen (secondary N) is 2. The molecule has 2 aromatic carbocycles. The van der Waals surface area contributed by atoms with E-state index in [0.717, 1.165) is 36.0 Å². The number of benzene rings is 2. The Hall–Kier alpha value is -3.23. The number of aromatic nitrogens is 4. The van der Waals surface area contributed by atoms with Gasteiger partial charge in [-0.05, 0) is 55.0 Å². The highest BCUT2D eigenvalue weighted by Gasteiger charge is 2.25. The first-order valence-electron chi connectivity index (χ1n) is 11.5. The van der Waals surface area contributed by atoms with Crippen molar-refractivity contribution >= 4 is 17.6 Å². The lowest BCUT2D eigenvalue weighted by Crippen LogP contribution is -2.46. The highest BCUT2D eigenvalue weighted by molar-refractivity contribution is 6.30. The maximum absolute atomic E-state index is 13.4. The van der Waals surface area contributed by atoms with E-state index in [-0.39, 0.29) is 24.5 Å². The van der Waals surface area contributed by atoms with E-state index in [1.807, 2.05) is 60.4 Å². The Morgan fingerprint density at radius 1 is 1.18 bits per heavy atom. The van der Waals surface area contributed by atoms with Gasteiger partial charge in [0, 0.05) is 24.0 Å². The molecule has 1 aromatic heterocycles. The third-order valence-corrected chi connectivity index (χ3v) is 6.39. The molecule has 0 aliphatic heterocycles. The summed E-state index contributed by atoms with van der Waals surface area (Å²) >= 11 is 6.00. The zero-order valence-corrected chi connectivity index (χ0v) is 19.8. The summed E-state index contributed by atoms with van der Waals surface area (Å²) in [4.78, 5) is 15.3. The number of allylic oxidation sites excluding steroid dienone is 1.